The quantitative estimate of drug-likeness (QED) is 0.402. The highest BCUT2D eigenvalue weighted by Crippen LogP contribution is 2.26. The minimum absolute atomic E-state index is 0.00432. The summed E-state index contributed by atoms with van der Waals surface area (Å²) in [6, 6.07) is 19.3. The first kappa shape index (κ1) is 25.6. The summed E-state index contributed by atoms with van der Waals surface area (Å²) in [5.74, 6) is -4.94. The maximum atomic E-state index is 13.9. The summed E-state index contributed by atoms with van der Waals surface area (Å²) in [4.78, 5) is 25.4. The van der Waals surface area contributed by atoms with E-state index < -0.39 is 41.4 Å². The molecular formula is C28H22F3NO5. The summed E-state index contributed by atoms with van der Waals surface area (Å²) in [6.07, 6.45) is 0.921. The molecule has 1 aliphatic rings. The first-order chi connectivity index (χ1) is 17.9. The summed E-state index contributed by atoms with van der Waals surface area (Å²) >= 11 is 0. The molecule has 0 fully saturated rings. The number of carbonyl (C=O) groups excluding carboxylic acids is 2. The van der Waals surface area contributed by atoms with Gasteiger partial charge in [-0.25, -0.2) is 18.0 Å². The minimum Gasteiger partial charge on any atom is -0.489 e. The van der Waals surface area contributed by atoms with Crippen LogP contribution >= 0.6 is 0 Å². The molecular weight excluding hydrogens is 487 g/mol. The number of nitrogens with one attached hydrogen (secondary N) is 1. The number of hydrogen-bond donors (Lipinski definition) is 1. The number of benzene rings is 3. The highest BCUT2D eigenvalue weighted by Gasteiger charge is 2.28. The Bertz CT molecular complexity index is 1320. The lowest BCUT2D eigenvalue weighted by molar-refractivity contribution is -0.144. The summed E-state index contributed by atoms with van der Waals surface area (Å²) in [5.41, 5.74) is 1.14. The molecule has 0 spiro atoms. The lowest BCUT2D eigenvalue weighted by Gasteiger charge is -2.20. The second kappa shape index (κ2) is 11.9. The van der Waals surface area contributed by atoms with Crippen LogP contribution in [0.4, 0.5) is 13.2 Å². The normalized spacial score (nSPS) is 12.9. The number of allylic oxidation sites excluding steroid dienone is 1. The molecule has 1 amide bonds. The summed E-state index contributed by atoms with van der Waals surface area (Å²) in [5, 5.41) is 2.37. The Labute approximate surface area is 211 Å². The molecule has 37 heavy (non-hydrogen) atoms. The van der Waals surface area contributed by atoms with Gasteiger partial charge in [-0.3, -0.25) is 4.79 Å². The zero-order chi connectivity index (χ0) is 26.2. The lowest BCUT2D eigenvalue weighted by atomic mass is 10.1. The minimum atomic E-state index is -1.12. The van der Waals surface area contributed by atoms with Crippen LogP contribution in [0.25, 0.3) is 0 Å². The lowest BCUT2D eigenvalue weighted by Crippen LogP contribution is -2.28. The van der Waals surface area contributed by atoms with Crippen LogP contribution in [0.2, 0.25) is 0 Å². The molecule has 190 valence electrons. The molecule has 0 aliphatic carbocycles. The SMILES string of the molecule is O=C(NCc1c(F)cc(F)cc1F)C1=COC(C(=O)OCc2ccccc2)=C(OCc2ccccc2)C1. The number of carbonyl (C=O) groups is 2. The van der Waals surface area contributed by atoms with Crippen molar-refractivity contribution in [3.63, 3.8) is 0 Å². The monoisotopic (exact) mass is 509 g/mol. The molecule has 1 N–H and O–H groups in total. The average Bonchev–Trinajstić information content (AvgIpc) is 2.91. The molecule has 0 unspecified atom stereocenters. The molecule has 9 heteroatoms. The highest BCUT2D eigenvalue weighted by atomic mass is 19.1. The molecule has 1 heterocycles. The van der Waals surface area contributed by atoms with Crippen molar-refractivity contribution < 1.29 is 37.0 Å². The van der Waals surface area contributed by atoms with Crippen molar-refractivity contribution in [1.82, 2.24) is 5.32 Å². The Morgan fingerprint density at radius 3 is 2.08 bits per heavy atom. The van der Waals surface area contributed by atoms with Crippen LogP contribution in [-0.2, 0) is 43.6 Å². The zero-order valence-electron chi connectivity index (χ0n) is 19.5. The molecule has 0 atom stereocenters. The van der Waals surface area contributed by atoms with E-state index in [2.05, 4.69) is 5.32 Å². The summed E-state index contributed by atoms with van der Waals surface area (Å²) < 4.78 is 57.6. The smallest absolute Gasteiger partial charge is 0.378 e. The topological polar surface area (TPSA) is 73.9 Å². The van der Waals surface area contributed by atoms with Gasteiger partial charge in [-0.1, -0.05) is 60.7 Å². The van der Waals surface area contributed by atoms with Crippen LogP contribution in [0.5, 0.6) is 0 Å². The third kappa shape index (κ3) is 6.78. The van der Waals surface area contributed by atoms with Gasteiger partial charge in [-0.05, 0) is 11.1 Å². The first-order valence-electron chi connectivity index (χ1n) is 11.3. The van der Waals surface area contributed by atoms with Crippen molar-refractivity contribution in [3.05, 3.63) is 130 Å². The Hall–Kier alpha value is -4.53. The van der Waals surface area contributed by atoms with Crippen molar-refractivity contribution >= 4 is 11.9 Å². The van der Waals surface area contributed by atoms with Gasteiger partial charge < -0.3 is 19.5 Å². The summed E-state index contributed by atoms with van der Waals surface area (Å²) in [7, 11) is 0. The largest absolute Gasteiger partial charge is 0.489 e. The van der Waals surface area contributed by atoms with Gasteiger partial charge >= 0.3 is 5.97 Å². The second-order valence-corrected chi connectivity index (χ2v) is 8.06. The Balaban J connectivity index is 1.45. The van der Waals surface area contributed by atoms with Crippen LogP contribution < -0.4 is 5.32 Å². The van der Waals surface area contributed by atoms with Gasteiger partial charge in [-0.2, -0.15) is 0 Å². The summed E-state index contributed by atoms with van der Waals surface area (Å²) in [6.45, 7) is -0.426. The van der Waals surface area contributed by atoms with Crippen LogP contribution in [0.15, 0.2) is 96.1 Å². The van der Waals surface area contributed by atoms with Crippen LogP contribution in [0, 0.1) is 17.5 Å². The highest BCUT2D eigenvalue weighted by molar-refractivity contribution is 5.95. The van der Waals surface area contributed by atoms with Crippen molar-refractivity contribution in [2.24, 2.45) is 0 Å². The number of halogens is 3. The van der Waals surface area contributed by atoms with Crippen LogP contribution in [0.3, 0.4) is 0 Å². The fourth-order valence-corrected chi connectivity index (χ4v) is 3.46. The molecule has 3 aromatic carbocycles. The number of esters is 1. The van der Waals surface area contributed by atoms with Gasteiger partial charge in [0.05, 0.1) is 5.57 Å². The predicted octanol–water partition coefficient (Wildman–Crippen LogP) is 5.20. The van der Waals surface area contributed by atoms with Crippen LogP contribution in [-0.4, -0.2) is 11.9 Å². The number of hydrogen-bond acceptors (Lipinski definition) is 5. The van der Waals surface area contributed by atoms with Gasteiger partial charge in [0, 0.05) is 30.7 Å². The van der Waals surface area contributed by atoms with Gasteiger partial charge in [-0.15, -0.1) is 0 Å². The van der Waals surface area contributed by atoms with E-state index in [-0.39, 0.29) is 36.7 Å². The maximum Gasteiger partial charge on any atom is 0.378 e. The molecule has 4 rings (SSSR count). The second-order valence-electron chi connectivity index (χ2n) is 8.06. The Morgan fingerprint density at radius 1 is 0.865 bits per heavy atom. The van der Waals surface area contributed by atoms with Gasteiger partial charge in [0.2, 0.25) is 5.76 Å². The van der Waals surface area contributed by atoms with E-state index in [0.717, 1.165) is 17.4 Å². The van der Waals surface area contributed by atoms with Gasteiger partial charge in [0.1, 0.15) is 36.9 Å². The molecule has 1 aliphatic heterocycles. The molecule has 3 aromatic rings. The molecule has 0 bridgehead atoms. The third-order valence-corrected chi connectivity index (χ3v) is 5.40. The zero-order valence-corrected chi connectivity index (χ0v) is 19.5. The average molecular weight is 509 g/mol. The number of rotatable bonds is 9. The third-order valence-electron chi connectivity index (χ3n) is 5.40. The Morgan fingerprint density at radius 2 is 1.46 bits per heavy atom. The van der Waals surface area contributed by atoms with E-state index in [0.29, 0.717) is 12.1 Å². The fourth-order valence-electron chi connectivity index (χ4n) is 3.46. The standard InChI is InChI=1S/C28H22F3NO5/c29-21-12-23(30)22(24(31)13-21)14-32-27(33)20-11-25(35-15-18-7-3-1-4-8-18)26(36-17-20)28(34)37-16-19-9-5-2-6-10-19/h1-10,12-13,17H,11,14-16H2,(H,32,33). The van der Waals surface area contributed by atoms with E-state index in [9.17, 15) is 22.8 Å². The number of amides is 1. The molecule has 0 saturated carbocycles. The van der Waals surface area contributed by atoms with Gasteiger partial charge in [0.15, 0.2) is 5.76 Å². The van der Waals surface area contributed by atoms with Gasteiger partial charge in [0.25, 0.3) is 5.91 Å². The van der Waals surface area contributed by atoms with Crippen molar-refractivity contribution in [3.8, 4) is 0 Å². The first-order valence-corrected chi connectivity index (χ1v) is 11.3. The van der Waals surface area contributed by atoms with Crippen molar-refractivity contribution in [2.75, 3.05) is 0 Å². The molecule has 6 nitrogen and oxygen atoms in total. The molecule has 0 aromatic heterocycles. The number of ether oxygens (including phenoxy) is 3. The molecule has 0 radical (unpaired) electrons. The Kier molecular flexibility index (Phi) is 8.25. The maximum absolute atomic E-state index is 13.9. The van der Waals surface area contributed by atoms with E-state index >= 15 is 0 Å². The van der Waals surface area contributed by atoms with Crippen LogP contribution in [0.1, 0.15) is 23.1 Å². The predicted molar refractivity (Wildman–Crippen MR) is 126 cm³/mol. The van der Waals surface area contributed by atoms with E-state index in [1.807, 2.05) is 48.5 Å². The van der Waals surface area contributed by atoms with E-state index in [1.54, 1.807) is 12.1 Å². The van der Waals surface area contributed by atoms with Crippen molar-refractivity contribution in [2.45, 2.75) is 26.2 Å². The van der Waals surface area contributed by atoms with Crippen molar-refractivity contribution in [1.29, 1.82) is 0 Å². The fraction of sp³-hybridized carbons (Fsp3) is 0.143. The van der Waals surface area contributed by atoms with E-state index in [4.69, 9.17) is 14.2 Å². The van der Waals surface area contributed by atoms with E-state index in [1.165, 1.54) is 0 Å². The molecule has 0 saturated heterocycles.